The number of halogens is 4. The fourth-order valence-corrected chi connectivity index (χ4v) is 3.93. The maximum absolute atomic E-state index is 14.7. The van der Waals surface area contributed by atoms with E-state index in [9.17, 15) is 23.1 Å². The van der Waals surface area contributed by atoms with Crippen LogP contribution in [0.3, 0.4) is 0 Å². The molecule has 2 aromatic carbocycles. The number of oxime groups is 1. The van der Waals surface area contributed by atoms with Crippen LogP contribution in [0.1, 0.15) is 36.7 Å². The van der Waals surface area contributed by atoms with Crippen molar-refractivity contribution in [3.8, 4) is 0 Å². The molecule has 2 N–H and O–H groups in total. The van der Waals surface area contributed by atoms with Gasteiger partial charge in [-0.3, -0.25) is 0 Å². The Labute approximate surface area is 205 Å². The van der Waals surface area contributed by atoms with E-state index in [0.29, 0.717) is 3.57 Å². The van der Waals surface area contributed by atoms with Crippen LogP contribution in [0.15, 0.2) is 29.4 Å². The van der Waals surface area contributed by atoms with Gasteiger partial charge in [-0.25, -0.2) is 18.0 Å². The average molecular weight is 594 g/mol. The Kier molecular flexibility index (Phi) is 8.93. The highest BCUT2D eigenvalue weighted by atomic mass is 127. The number of rotatable bonds is 9. The Balaban J connectivity index is 2.17. The first kappa shape index (κ1) is 27.1. The zero-order chi connectivity index (χ0) is 25.0. The van der Waals surface area contributed by atoms with Crippen molar-refractivity contribution in [2.45, 2.75) is 38.9 Å². The van der Waals surface area contributed by atoms with Crippen LogP contribution in [0.2, 0.25) is 18.1 Å². The van der Waals surface area contributed by atoms with Crippen molar-refractivity contribution in [2.75, 3.05) is 18.5 Å². The smallest absolute Gasteiger partial charge is 0.337 e. The lowest BCUT2D eigenvalue weighted by Crippen LogP contribution is -2.41. The summed E-state index contributed by atoms with van der Waals surface area (Å²) >= 11 is 1.89. The van der Waals surface area contributed by atoms with Gasteiger partial charge in [0.15, 0.2) is 11.6 Å². The monoisotopic (exact) mass is 594 g/mol. The summed E-state index contributed by atoms with van der Waals surface area (Å²) in [5.41, 5.74) is -1.90. The normalized spacial score (nSPS) is 12.3. The zero-order valence-electron chi connectivity index (χ0n) is 18.9. The lowest BCUT2D eigenvalue weighted by molar-refractivity contribution is 0.0697. The number of benzene rings is 2. The second-order valence-electron chi connectivity index (χ2n) is 8.75. The van der Waals surface area contributed by atoms with E-state index in [4.69, 9.17) is 9.26 Å². The van der Waals surface area contributed by atoms with Gasteiger partial charge >= 0.3 is 5.97 Å². The minimum Gasteiger partial charge on any atom is -0.562 e. The van der Waals surface area contributed by atoms with E-state index < -0.39 is 48.6 Å². The lowest BCUT2D eigenvalue weighted by atomic mass is 10.1. The van der Waals surface area contributed by atoms with Gasteiger partial charge in [0.2, 0.25) is 0 Å². The third-order valence-electron chi connectivity index (χ3n) is 5.37. The maximum Gasteiger partial charge on any atom is 0.337 e. The highest BCUT2D eigenvalue weighted by Gasteiger charge is 2.25. The molecule has 2 rings (SSSR count). The molecular formula is C22H26F3IN2O4Si-. The summed E-state index contributed by atoms with van der Waals surface area (Å²) in [6.45, 7) is 10.8. The van der Waals surface area contributed by atoms with Gasteiger partial charge in [0.1, 0.15) is 12.4 Å². The summed E-state index contributed by atoms with van der Waals surface area (Å²) in [6.07, 6.45) is 0.881. The first-order valence-electron chi connectivity index (χ1n) is 10.0. The molecule has 33 heavy (non-hydrogen) atoms. The molecule has 2 aromatic rings. The predicted molar refractivity (Wildman–Crippen MR) is 132 cm³/mol. The molecule has 0 bridgehead atoms. The molecule has 0 aliphatic rings. The van der Waals surface area contributed by atoms with Crippen LogP contribution in [-0.4, -0.2) is 38.8 Å². The topological polar surface area (TPSA) is 80.2 Å². The molecule has 0 unspecified atom stereocenters. The molecule has 0 aromatic heterocycles. The van der Waals surface area contributed by atoms with Gasteiger partial charge in [0.05, 0.1) is 23.2 Å². The van der Waals surface area contributed by atoms with E-state index in [1.54, 1.807) is 0 Å². The van der Waals surface area contributed by atoms with Crippen molar-refractivity contribution < 1.29 is 32.3 Å². The third kappa shape index (κ3) is 6.93. The number of carboxylic acid groups (broad SMARTS) is 1. The van der Waals surface area contributed by atoms with Crippen molar-refractivity contribution in [2.24, 2.45) is 5.16 Å². The summed E-state index contributed by atoms with van der Waals surface area (Å²) < 4.78 is 49.9. The first-order valence-corrected chi connectivity index (χ1v) is 14.0. The van der Waals surface area contributed by atoms with E-state index in [1.807, 2.05) is 22.6 Å². The molecule has 11 heteroatoms. The molecule has 0 heterocycles. The van der Waals surface area contributed by atoms with E-state index in [-0.39, 0.29) is 23.9 Å². The first-order chi connectivity index (χ1) is 15.2. The van der Waals surface area contributed by atoms with Crippen LogP contribution in [0, 0.1) is 21.0 Å². The predicted octanol–water partition coefficient (Wildman–Crippen LogP) is 6.52. The van der Waals surface area contributed by atoms with Gasteiger partial charge in [-0.05, 0) is 55.2 Å². The summed E-state index contributed by atoms with van der Waals surface area (Å²) in [5.74, 6) is -5.09. The molecule has 181 valence electrons. The fourth-order valence-electron chi connectivity index (χ4n) is 2.45. The highest BCUT2D eigenvalue weighted by Crippen LogP contribution is 2.36. The van der Waals surface area contributed by atoms with Crippen LogP contribution in [0.5, 0.6) is 0 Å². The second-order valence-corrected chi connectivity index (χ2v) is 14.8. The molecule has 0 radical (unpaired) electrons. The lowest BCUT2D eigenvalue weighted by Gasteiger charge is -2.48. The summed E-state index contributed by atoms with van der Waals surface area (Å²) in [5, 5.41) is 15.4. The number of nitrogens with zero attached hydrogens (tertiary/aromatic N) is 1. The van der Waals surface area contributed by atoms with Crippen LogP contribution in [-0.2, 0) is 9.26 Å². The fraction of sp³-hybridized carbons (Fsp3) is 0.364. The molecule has 0 spiro atoms. The molecule has 0 aliphatic heterocycles. The number of hydrogen-bond donors (Lipinski definition) is 2. The van der Waals surface area contributed by atoms with Crippen molar-refractivity contribution in [1.29, 1.82) is 0 Å². The molecule has 0 aliphatic carbocycles. The minimum absolute atomic E-state index is 0.0288. The number of anilines is 2. The van der Waals surface area contributed by atoms with Gasteiger partial charge in [-0.1, -0.05) is 25.9 Å². The number of hydrogen-bond acceptors (Lipinski definition) is 5. The van der Waals surface area contributed by atoms with Crippen LogP contribution in [0.4, 0.5) is 24.5 Å². The largest absolute Gasteiger partial charge is 0.562 e. The second kappa shape index (κ2) is 10.9. The zero-order valence-corrected chi connectivity index (χ0v) is 22.1. The molecule has 6 nitrogen and oxygen atoms in total. The van der Waals surface area contributed by atoms with Crippen LogP contribution in [0.25, 0.3) is 0 Å². The summed E-state index contributed by atoms with van der Waals surface area (Å²) in [4.78, 5) is 16.7. The van der Waals surface area contributed by atoms with Crippen LogP contribution < -0.4 is 5.32 Å². The molecule has 0 saturated heterocycles. The van der Waals surface area contributed by atoms with E-state index in [1.165, 1.54) is 18.2 Å². The summed E-state index contributed by atoms with van der Waals surface area (Å²) in [6, 6.07) is 4.90. The molecule has 0 fully saturated rings. The average Bonchev–Trinajstić information content (AvgIpc) is 2.70. The SMILES string of the molecule is CC(C)(C)[Si-](C)(C)OCCO/N=C/c1cc(C(=O)O)c(Nc2ccc(I)cc2F)c(F)c1F. The molecule has 0 amide bonds. The Morgan fingerprint density at radius 3 is 2.42 bits per heavy atom. The van der Waals surface area contributed by atoms with Gasteiger partial charge in [-0.2, -0.15) is 0 Å². The molecule has 0 atom stereocenters. The van der Waals surface area contributed by atoms with E-state index in [0.717, 1.165) is 12.3 Å². The van der Waals surface area contributed by atoms with Crippen molar-refractivity contribution >= 4 is 54.5 Å². The van der Waals surface area contributed by atoms with Gasteiger partial charge in [0.25, 0.3) is 0 Å². The Hall–Kier alpha value is -2.12. The molecule has 0 saturated carbocycles. The Bertz CT molecular complexity index is 1060. The number of nitrogens with one attached hydrogen (secondary N) is 1. The highest BCUT2D eigenvalue weighted by molar-refractivity contribution is 14.1. The minimum atomic E-state index is -1.95. The maximum atomic E-state index is 14.7. The number of carboxylic acids is 1. The molecular weight excluding hydrogens is 568 g/mol. The Morgan fingerprint density at radius 1 is 1.18 bits per heavy atom. The van der Waals surface area contributed by atoms with Crippen molar-refractivity contribution in [3.05, 3.63) is 56.4 Å². The van der Waals surface area contributed by atoms with Crippen molar-refractivity contribution in [3.63, 3.8) is 0 Å². The number of aromatic carboxylic acids is 1. The van der Waals surface area contributed by atoms with E-state index >= 15 is 0 Å². The third-order valence-corrected chi connectivity index (χ3v) is 10.6. The van der Waals surface area contributed by atoms with Crippen LogP contribution >= 0.6 is 22.6 Å². The van der Waals surface area contributed by atoms with E-state index in [2.05, 4.69) is 44.3 Å². The quantitative estimate of drug-likeness (QED) is 0.114. The van der Waals surface area contributed by atoms with Crippen molar-refractivity contribution in [1.82, 2.24) is 0 Å². The summed E-state index contributed by atoms with van der Waals surface area (Å²) in [7, 11) is -1.95. The van der Waals surface area contributed by atoms with Gasteiger partial charge in [-0.15, -0.1) is 18.1 Å². The number of carbonyl (C=O) groups is 1. The van der Waals surface area contributed by atoms with Gasteiger partial charge in [0, 0.05) is 15.7 Å². The van der Waals surface area contributed by atoms with Gasteiger partial charge < -0.3 is 19.7 Å². The Morgan fingerprint density at radius 2 is 1.85 bits per heavy atom. The standard InChI is InChI=1S/C22H26F3IN2O4Si/c1-22(2,3)33(4,5)32-9-8-31-27-12-13-10-15(21(29)30)20(19(25)18(13)24)28-17-7-6-14(26)11-16(17)23/h6-7,10-12,28H,8-9H2,1-5H3,(H,29,30)/q-1/b27-12+.